The normalized spacial score (nSPS) is 15.2. The number of nitrogens with zero attached hydrogens (tertiary/aromatic N) is 1. The van der Waals surface area contributed by atoms with Crippen LogP contribution < -0.4 is 11.5 Å². The van der Waals surface area contributed by atoms with Crippen LogP contribution in [-0.4, -0.2) is 10.9 Å². The van der Waals surface area contributed by atoms with Gasteiger partial charge in [0.15, 0.2) is 0 Å². The lowest BCUT2D eigenvalue weighted by Gasteiger charge is -2.21. The molecule has 0 saturated heterocycles. The number of primary amides is 1. The van der Waals surface area contributed by atoms with Gasteiger partial charge in [0.2, 0.25) is 0 Å². The number of pyridine rings is 1. The van der Waals surface area contributed by atoms with E-state index < -0.39 is 17.6 Å². The van der Waals surface area contributed by atoms with Crippen molar-refractivity contribution >= 4 is 33.1 Å². The molecule has 0 bridgehead atoms. The van der Waals surface area contributed by atoms with Gasteiger partial charge in [-0.3, -0.25) is 4.79 Å². The molecular weight excluding hydrogens is 303 g/mol. The average Bonchev–Trinajstić information content (AvgIpc) is 2.72. The third-order valence-electron chi connectivity index (χ3n) is 3.66. The van der Waals surface area contributed by atoms with Gasteiger partial charge in [-0.15, -0.1) is 11.3 Å². The smallest absolute Gasteiger partial charge is 0.397 e. The minimum atomic E-state index is -4.53. The summed E-state index contributed by atoms with van der Waals surface area (Å²) in [7, 11) is 0. The number of hydrogen-bond acceptors (Lipinski definition) is 4. The summed E-state index contributed by atoms with van der Waals surface area (Å²) >= 11 is 0.824. The van der Waals surface area contributed by atoms with Crippen LogP contribution in [0.2, 0.25) is 0 Å². The number of halogens is 3. The molecule has 1 amide bonds. The maximum Gasteiger partial charge on any atom is 0.417 e. The number of aromatic nitrogens is 1. The highest BCUT2D eigenvalue weighted by Crippen LogP contribution is 2.45. The molecule has 0 atom stereocenters. The summed E-state index contributed by atoms with van der Waals surface area (Å²) in [5, 5.41) is -0.179. The van der Waals surface area contributed by atoms with Gasteiger partial charge in [-0.25, -0.2) is 4.98 Å². The maximum atomic E-state index is 13.5. The molecule has 0 aromatic carbocycles. The van der Waals surface area contributed by atoms with Gasteiger partial charge in [-0.05, 0) is 31.2 Å². The van der Waals surface area contributed by atoms with Crippen LogP contribution in [0.15, 0.2) is 0 Å². The summed E-state index contributed by atoms with van der Waals surface area (Å²) in [6.45, 7) is 0. The fraction of sp³-hybridized carbons (Fsp3) is 0.385. The second kappa shape index (κ2) is 4.59. The number of carbonyl (C=O) groups is 1. The van der Waals surface area contributed by atoms with Crippen LogP contribution in [0.1, 0.15) is 39.3 Å². The Kier molecular flexibility index (Phi) is 3.09. The molecular formula is C13H12F3N3OS. The molecule has 4 nitrogen and oxygen atoms in total. The maximum absolute atomic E-state index is 13.5. The minimum absolute atomic E-state index is 0.0645. The van der Waals surface area contributed by atoms with Crippen molar-refractivity contribution in [1.82, 2.24) is 4.98 Å². The molecule has 2 aromatic heterocycles. The first-order valence-electron chi connectivity index (χ1n) is 6.41. The SMILES string of the molecule is NC(=O)c1sc2nc3c(c(C(F)(F)F)c2c1N)CCCC3. The van der Waals surface area contributed by atoms with E-state index in [-0.39, 0.29) is 26.3 Å². The second-order valence-electron chi connectivity index (χ2n) is 5.01. The van der Waals surface area contributed by atoms with Gasteiger partial charge in [0.1, 0.15) is 9.71 Å². The number of alkyl halides is 3. The Morgan fingerprint density at radius 1 is 1.24 bits per heavy atom. The summed E-state index contributed by atoms with van der Waals surface area (Å²) in [6, 6.07) is 0. The number of thiophene rings is 1. The van der Waals surface area contributed by atoms with Crippen molar-refractivity contribution in [3.8, 4) is 0 Å². The van der Waals surface area contributed by atoms with Crippen molar-refractivity contribution in [2.45, 2.75) is 31.9 Å². The zero-order valence-electron chi connectivity index (χ0n) is 10.9. The Hall–Kier alpha value is -1.83. The van der Waals surface area contributed by atoms with Crippen LogP contribution in [0.5, 0.6) is 0 Å². The van der Waals surface area contributed by atoms with E-state index in [1.807, 2.05) is 0 Å². The third kappa shape index (κ3) is 2.14. The van der Waals surface area contributed by atoms with Crippen LogP contribution in [0.25, 0.3) is 10.2 Å². The Morgan fingerprint density at radius 2 is 1.90 bits per heavy atom. The van der Waals surface area contributed by atoms with Crippen LogP contribution >= 0.6 is 11.3 Å². The lowest BCUT2D eigenvalue weighted by atomic mass is 9.90. The van der Waals surface area contributed by atoms with E-state index in [4.69, 9.17) is 11.5 Å². The molecule has 8 heteroatoms. The number of nitrogen functional groups attached to an aromatic ring is 1. The third-order valence-corrected chi connectivity index (χ3v) is 4.77. The van der Waals surface area contributed by atoms with Gasteiger partial charge < -0.3 is 11.5 Å². The molecule has 4 N–H and O–H groups in total. The van der Waals surface area contributed by atoms with E-state index in [0.717, 1.165) is 17.8 Å². The van der Waals surface area contributed by atoms with Gasteiger partial charge in [-0.2, -0.15) is 13.2 Å². The fourth-order valence-corrected chi connectivity index (χ4v) is 3.78. The highest BCUT2D eigenvalue weighted by atomic mass is 32.1. The lowest BCUT2D eigenvalue weighted by molar-refractivity contribution is -0.137. The number of aryl methyl sites for hydroxylation is 1. The van der Waals surface area contributed by atoms with Crippen molar-refractivity contribution in [3.05, 3.63) is 21.7 Å². The van der Waals surface area contributed by atoms with Crippen molar-refractivity contribution in [1.29, 1.82) is 0 Å². The highest BCUT2D eigenvalue weighted by molar-refractivity contribution is 7.21. The van der Waals surface area contributed by atoms with E-state index in [9.17, 15) is 18.0 Å². The first-order chi connectivity index (χ1) is 9.80. The number of carbonyl (C=O) groups excluding carboxylic acids is 1. The van der Waals surface area contributed by atoms with E-state index in [1.165, 1.54) is 0 Å². The van der Waals surface area contributed by atoms with Gasteiger partial charge in [0.05, 0.1) is 11.3 Å². The summed E-state index contributed by atoms with van der Waals surface area (Å²) in [6.07, 6.45) is -2.19. The Morgan fingerprint density at radius 3 is 2.52 bits per heavy atom. The highest BCUT2D eigenvalue weighted by Gasteiger charge is 2.39. The molecule has 0 spiro atoms. The van der Waals surface area contributed by atoms with E-state index in [0.29, 0.717) is 25.0 Å². The molecule has 0 unspecified atom stereocenters. The molecule has 0 radical (unpaired) electrons. The molecule has 112 valence electrons. The largest absolute Gasteiger partial charge is 0.417 e. The van der Waals surface area contributed by atoms with Gasteiger partial charge >= 0.3 is 6.18 Å². The standard InChI is InChI=1S/C13H12F3N3OS/c14-13(15,16)8-5-3-1-2-4-6(5)19-12-7(8)9(17)10(21-12)11(18)20/h1-4,17H2,(H2,18,20). The van der Waals surface area contributed by atoms with Gasteiger partial charge in [0.25, 0.3) is 5.91 Å². The number of anilines is 1. The Balaban J connectivity index is 2.44. The molecule has 3 rings (SSSR count). The van der Waals surface area contributed by atoms with E-state index in [2.05, 4.69) is 4.98 Å². The quantitative estimate of drug-likeness (QED) is 0.849. The average molecular weight is 315 g/mol. The molecule has 0 fully saturated rings. The van der Waals surface area contributed by atoms with Crippen LogP contribution in [0, 0.1) is 0 Å². The van der Waals surface area contributed by atoms with Crippen molar-refractivity contribution in [3.63, 3.8) is 0 Å². The number of hydrogen-bond donors (Lipinski definition) is 2. The van der Waals surface area contributed by atoms with Crippen molar-refractivity contribution in [2.24, 2.45) is 5.73 Å². The van der Waals surface area contributed by atoms with Crippen molar-refractivity contribution < 1.29 is 18.0 Å². The van der Waals surface area contributed by atoms with E-state index >= 15 is 0 Å². The molecule has 2 heterocycles. The Labute approximate surface area is 121 Å². The molecule has 1 aliphatic carbocycles. The number of nitrogens with two attached hydrogens (primary N) is 2. The first-order valence-corrected chi connectivity index (χ1v) is 7.23. The zero-order chi connectivity index (χ0) is 15.4. The second-order valence-corrected chi connectivity index (χ2v) is 6.01. The summed E-state index contributed by atoms with van der Waals surface area (Å²) in [5.41, 5.74) is 10.6. The van der Waals surface area contributed by atoms with E-state index in [1.54, 1.807) is 0 Å². The molecule has 0 saturated carbocycles. The summed E-state index contributed by atoms with van der Waals surface area (Å²) in [4.78, 5) is 15.7. The van der Waals surface area contributed by atoms with Crippen molar-refractivity contribution in [2.75, 3.05) is 5.73 Å². The van der Waals surface area contributed by atoms with Crippen LogP contribution in [0.3, 0.4) is 0 Å². The first kappa shape index (κ1) is 14.1. The predicted molar refractivity (Wildman–Crippen MR) is 74.2 cm³/mol. The molecule has 1 aliphatic rings. The van der Waals surface area contributed by atoms with Crippen LogP contribution in [-0.2, 0) is 19.0 Å². The van der Waals surface area contributed by atoms with Gasteiger partial charge in [0, 0.05) is 11.1 Å². The fourth-order valence-electron chi connectivity index (χ4n) is 2.80. The summed E-state index contributed by atoms with van der Waals surface area (Å²) < 4.78 is 40.5. The zero-order valence-corrected chi connectivity index (χ0v) is 11.7. The molecule has 2 aromatic rings. The number of amides is 1. The number of rotatable bonds is 1. The molecule has 21 heavy (non-hydrogen) atoms. The lowest BCUT2D eigenvalue weighted by Crippen LogP contribution is -2.17. The summed E-state index contributed by atoms with van der Waals surface area (Å²) in [5.74, 6) is -0.832. The predicted octanol–water partition coefficient (Wildman–Crippen LogP) is 2.88. The Bertz CT molecular complexity index is 751. The monoisotopic (exact) mass is 315 g/mol. The van der Waals surface area contributed by atoms with Gasteiger partial charge in [-0.1, -0.05) is 0 Å². The van der Waals surface area contributed by atoms with Crippen LogP contribution in [0.4, 0.5) is 18.9 Å². The molecule has 0 aliphatic heterocycles. The topological polar surface area (TPSA) is 82.0 Å². The minimum Gasteiger partial charge on any atom is -0.397 e. The number of fused-ring (bicyclic) bond motifs is 2.